The van der Waals surface area contributed by atoms with Gasteiger partial charge in [0.25, 0.3) is 0 Å². The number of aromatic nitrogens is 3. The van der Waals surface area contributed by atoms with Gasteiger partial charge in [-0.05, 0) is 50.2 Å². The Labute approximate surface area is 165 Å². The summed E-state index contributed by atoms with van der Waals surface area (Å²) in [4.78, 5) is 10.4. The first-order chi connectivity index (χ1) is 13.3. The molecule has 1 aromatic carbocycles. The Morgan fingerprint density at radius 3 is 2.82 bits per heavy atom. The lowest BCUT2D eigenvalue weighted by atomic mass is 10.1. The second kappa shape index (κ2) is 7.50. The Hall–Kier alpha value is -1.90. The summed E-state index contributed by atoms with van der Waals surface area (Å²) in [6, 6.07) is 5.45. The van der Waals surface area contributed by atoms with Crippen LogP contribution in [0.5, 0.6) is 0 Å². The lowest BCUT2D eigenvalue weighted by Gasteiger charge is -2.12. The zero-order chi connectivity index (χ0) is 19.9. The molecule has 1 atom stereocenters. The van der Waals surface area contributed by atoms with Crippen molar-refractivity contribution < 1.29 is 13.2 Å². The van der Waals surface area contributed by atoms with Crippen molar-refractivity contribution in [2.45, 2.75) is 25.7 Å². The Morgan fingerprint density at radius 2 is 2.11 bits per heavy atom. The molecular weight excluding hydrogens is 391 g/mol. The van der Waals surface area contributed by atoms with Crippen LogP contribution >= 0.6 is 11.6 Å². The van der Waals surface area contributed by atoms with Crippen LogP contribution in [0, 0.1) is 5.92 Å². The summed E-state index contributed by atoms with van der Waals surface area (Å²) in [6.07, 6.45) is -1.90. The monoisotopic (exact) mass is 411 g/mol. The van der Waals surface area contributed by atoms with Crippen molar-refractivity contribution in [3.05, 3.63) is 35.2 Å². The van der Waals surface area contributed by atoms with Crippen molar-refractivity contribution in [1.29, 1.82) is 0 Å². The minimum atomic E-state index is -4.37. The Bertz CT molecular complexity index is 1000. The number of hydrogen-bond donors (Lipinski definition) is 1. The van der Waals surface area contributed by atoms with Crippen LogP contribution in [0.2, 0.25) is 5.15 Å². The highest BCUT2D eigenvalue weighted by Crippen LogP contribution is 2.34. The Kier molecular flexibility index (Phi) is 5.20. The smallest absolute Gasteiger partial charge is 0.327 e. The number of nitrogens with zero attached hydrogens (tertiary/aromatic N) is 4. The fourth-order valence-electron chi connectivity index (χ4n) is 3.99. The number of nitrogens with one attached hydrogen (secondary N) is 1. The van der Waals surface area contributed by atoms with Crippen LogP contribution in [0.3, 0.4) is 0 Å². The van der Waals surface area contributed by atoms with Gasteiger partial charge in [0.2, 0.25) is 0 Å². The van der Waals surface area contributed by atoms with E-state index in [0.717, 1.165) is 29.8 Å². The van der Waals surface area contributed by atoms with Crippen molar-refractivity contribution in [3.8, 4) is 0 Å². The van der Waals surface area contributed by atoms with Crippen LogP contribution in [0.15, 0.2) is 24.5 Å². The van der Waals surface area contributed by atoms with Gasteiger partial charge in [0.05, 0.1) is 5.52 Å². The van der Waals surface area contributed by atoms with Gasteiger partial charge in [-0.15, -0.1) is 0 Å². The molecule has 1 saturated heterocycles. The molecular formula is C19H21ClF3N5. The van der Waals surface area contributed by atoms with Gasteiger partial charge in [-0.1, -0.05) is 17.7 Å². The highest BCUT2D eigenvalue weighted by atomic mass is 35.5. The van der Waals surface area contributed by atoms with Gasteiger partial charge in [0.15, 0.2) is 5.15 Å². The molecule has 3 aromatic rings. The van der Waals surface area contributed by atoms with E-state index < -0.39 is 12.7 Å². The number of hydrogen-bond acceptors (Lipinski definition) is 4. The van der Waals surface area contributed by atoms with Crippen molar-refractivity contribution in [2.24, 2.45) is 5.92 Å². The Morgan fingerprint density at radius 1 is 1.29 bits per heavy atom. The maximum atomic E-state index is 13.1. The number of fused-ring (bicyclic) bond motifs is 3. The number of benzene rings is 1. The first-order valence-corrected chi connectivity index (χ1v) is 9.57. The largest absolute Gasteiger partial charge is 0.406 e. The van der Waals surface area contributed by atoms with Crippen molar-refractivity contribution in [1.82, 2.24) is 24.8 Å². The van der Waals surface area contributed by atoms with Gasteiger partial charge >= 0.3 is 6.18 Å². The predicted molar refractivity (Wildman–Crippen MR) is 103 cm³/mol. The van der Waals surface area contributed by atoms with E-state index in [1.165, 1.54) is 12.7 Å². The Balaban J connectivity index is 1.63. The summed E-state index contributed by atoms with van der Waals surface area (Å²) < 4.78 is 40.5. The summed E-state index contributed by atoms with van der Waals surface area (Å²) in [5.41, 5.74) is 2.12. The van der Waals surface area contributed by atoms with Crippen molar-refractivity contribution in [2.75, 3.05) is 26.7 Å². The SMILES string of the molecule is CN1CCC(CNCc2ccc3c(c2)c2ncnc(Cl)c2n3CC(F)(F)F)C1. The molecule has 9 heteroatoms. The highest BCUT2D eigenvalue weighted by Gasteiger charge is 2.30. The van der Waals surface area contributed by atoms with Gasteiger partial charge in [-0.3, -0.25) is 0 Å². The molecule has 4 rings (SSSR count). The fraction of sp³-hybridized carbons (Fsp3) is 0.474. The van der Waals surface area contributed by atoms with Gasteiger partial charge in [0, 0.05) is 18.5 Å². The van der Waals surface area contributed by atoms with E-state index in [1.54, 1.807) is 6.07 Å². The molecule has 0 bridgehead atoms. The zero-order valence-electron chi connectivity index (χ0n) is 15.4. The number of alkyl halides is 3. The van der Waals surface area contributed by atoms with Gasteiger partial charge in [0.1, 0.15) is 23.9 Å². The molecule has 1 aliphatic rings. The van der Waals surface area contributed by atoms with Crippen molar-refractivity contribution in [3.63, 3.8) is 0 Å². The molecule has 3 heterocycles. The normalized spacial score (nSPS) is 18.5. The number of likely N-dealkylation sites (tertiary alicyclic amines) is 1. The second-order valence-corrected chi connectivity index (χ2v) is 7.82. The first kappa shape index (κ1) is 19.4. The minimum absolute atomic E-state index is 0.0236. The maximum absolute atomic E-state index is 13.1. The summed E-state index contributed by atoms with van der Waals surface area (Å²) in [7, 11) is 2.12. The van der Waals surface area contributed by atoms with Gasteiger partial charge in [-0.2, -0.15) is 13.2 Å². The summed E-state index contributed by atoms with van der Waals surface area (Å²) in [5.74, 6) is 0.633. The molecule has 2 aromatic heterocycles. The molecule has 0 radical (unpaired) electrons. The van der Waals surface area contributed by atoms with Crippen LogP contribution in [-0.2, 0) is 13.1 Å². The third-order valence-corrected chi connectivity index (χ3v) is 5.52. The van der Waals surface area contributed by atoms with Crippen LogP contribution in [0.1, 0.15) is 12.0 Å². The molecule has 0 aliphatic carbocycles. The molecule has 0 saturated carbocycles. The van der Waals surface area contributed by atoms with E-state index in [1.807, 2.05) is 12.1 Å². The first-order valence-electron chi connectivity index (χ1n) is 9.19. The molecule has 1 N–H and O–H groups in total. The minimum Gasteiger partial charge on any atom is -0.327 e. The van der Waals surface area contributed by atoms with E-state index >= 15 is 0 Å². The summed E-state index contributed by atoms with van der Waals surface area (Å²) in [5, 5.41) is 4.14. The molecule has 150 valence electrons. The second-order valence-electron chi connectivity index (χ2n) is 7.46. The fourth-order valence-corrected chi connectivity index (χ4v) is 4.22. The molecule has 28 heavy (non-hydrogen) atoms. The van der Waals surface area contributed by atoms with Crippen LogP contribution in [0.25, 0.3) is 21.9 Å². The molecule has 1 fully saturated rings. The molecule has 1 unspecified atom stereocenters. The van der Waals surface area contributed by atoms with Crippen LogP contribution < -0.4 is 5.32 Å². The molecule has 5 nitrogen and oxygen atoms in total. The average molecular weight is 412 g/mol. The molecule has 1 aliphatic heterocycles. The number of rotatable bonds is 5. The zero-order valence-corrected chi connectivity index (χ0v) is 16.2. The molecule has 0 amide bonds. The summed E-state index contributed by atoms with van der Waals surface area (Å²) >= 11 is 6.11. The number of halogens is 4. The van der Waals surface area contributed by atoms with Crippen LogP contribution in [0.4, 0.5) is 13.2 Å². The predicted octanol–water partition coefficient (Wildman–Crippen LogP) is 3.84. The van der Waals surface area contributed by atoms with Gasteiger partial charge < -0.3 is 14.8 Å². The van der Waals surface area contributed by atoms with E-state index in [2.05, 4.69) is 27.2 Å². The third-order valence-electron chi connectivity index (χ3n) is 5.24. The summed E-state index contributed by atoms with van der Waals surface area (Å²) in [6.45, 7) is 2.66. The third kappa shape index (κ3) is 3.94. The van der Waals surface area contributed by atoms with Gasteiger partial charge in [-0.25, -0.2) is 9.97 Å². The van der Waals surface area contributed by atoms with E-state index in [-0.39, 0.29) is 10.7 Å². The lowest BCUT2D eigenvalue weighted by molar-refractivity contribution is -0.139. The quantitative estimate of drug-likeness (QED) is 0.648. The molecule has 0 spiro atoms. The van der Waals surface area contributed by atoms with E-state index in [4.69, 9.17) is 11.6 Å². The van der Waals surface area contributed by atoms with E-state index in [9.17, 15) is 13.2 Å². The lowest BCUT2D eigenvalue weighted by Crippen LogP contribution is -2.24. The van der Waals surface area contributed by atoms with Crippen LogP contribution in [-0.4, -0.2) is 52.3 Å². The van der Waals surface area contributed by atoms with Crippen molar-refractivity contribution >= 4 is 33.5 Å². The standard InChI is InChI=1S/C19H21ClF3N5/c1-27-5-4-13(9-27)8-24-7-12-2-3-15-14(6-12)16-17(18(20)26-11-25-16)28(15)10-19(21,22)23/h2-3,6,11,13,24H,4-5,7-10H2,1H3. The average Bonchev–Trinajstić information content (AvgIpc) is 3.16. The highest BCUT2D eigenvalue weighted by molar-refractivity contribution is 6.34. The van der Waals surface area contributed by atoms with E-state index in [0.29, 0.717) is 28.9 Å². The topological polar surface area (TPSA) is 46.0 Å². The maximum Gasteiger partial charge on any atom is 0.406 e.